The maximum absolute atomic E-state index is 13.4. The van der Waals surface area contributed by atoms with E-state index in [0.29, 0.717) is 22.4 Å². The summed E-state index contributed by atoms with van der Waals surface area (Å²) in [5, 5.41) is 6.02. The first-order chi connectivity index (χ1) is 17.2. The largest absolute Gasteiger partial charge is 0.416 e. The van der Waals surface area contributed by atoms with Gasteiger partial charge in [0, 0.05) is 12.7 Å². The van der Waals surface area contributed by atoms with Gasteiger partial charge < -0.3 is 10.6 Å². The van der Waals surface area contributed by atoms with Gasteiger partial charge in [0.25, 0.3) is 5.56 Å². The lowest BCUT2D eigenvalue weighted by Gasteiger charge is -2.14. The number of fused-ring (bicyclic) bond motifs is 1. The van der Waals surface area contributed by atoms with E-state index in [9.17, 15) is 18.0 Å². The molecule has 0 aliphatic rings. The Labute approximate surface area is 203 Å². The molecule has 0 aliphatic carbocycles. The fourth-order valence-corrected chi connectivity index (χ4v) is 3.92. The summed E-state index contributed by atoms with van der Waals surface area (Å²) < 4.78 is 43.0. The minimum Gasteiger partial charge on any atom is -0.337 e. The Morgan fingerprint density at radius 2 is 1.42 bits per heavy atom. The van der Waals surface area contributed by atoms with Crippen LogP contribution in [-0.2, 0) is 13.2 Å². The van der Waals surface area contributed by atoms with Gasteiger partial charge in [-0.05, 0) is 49.4 Å². The third-order valence-electron chi connectivity index (χ3n) is 5.82. The molecule has 3 aromatic carbocycles. The number of halogens is 3. The number of hydrogen-bond acceptors (Lipinski definition) is 5. The number of hydrogen-bond donors (Lipinski definition) is 2. The second kappa shape index (κ2) is 8.88. The molecule has 0 fully saturated rings. The minimum absolute atomic E-state index is 0.182. The van der Waals surface area contributed by atoms with Crippen molar-refractivity contribution in [3.05, 3.63) is 100 Å². The molecular weight excluding hydrogens is 469 g/mol. The van der Waals surface area contributed by atoms with Crippen LogP contribution in [0.3, 0.4) is 0 Å². The van der Waals surface area contributed by atoms with E-state index in [1.165, 1.54) is 16.8 Å². The molecule has 0 radical (unpaired) electrons. The number of aromatic nitrogens is 4. The van der Waals surface area contributed by atoms with Crippen LogP contribution in [0.25, 0.3) is 16.7 Å². The Hall–Kier alpha value is -4.60. The van der Waals surface area contributed by atoms with Crippen molar-refractivity contribution in [2.75, 3.05) is 10.6 Å². The van der Waals surface area contributed by atoms with Crippen LogP contribution in [-0.4, -0.2) is 19.3 Å². The molecule has 5 rings (SSSR count). The fourth-order valence-electron chi connectivity index (χ4n) is 3.92. The zero-order chi connectivity index (χ0) is 25.4. The highest BCUT2D eigenvalue weighted by atomic mass is 19.4. The van der Waals surface area contributed by atoms with E-state index < -0.39 is 11.7 Å². The molecule has 0 spiro atoms. The van der Waals surface area contributed by atoms with Crippen molar-refractivity contribution in [1.82, 2.24) is 19.3 Å². The highest BCUT2D eigenvalue weighted by molar-refractivity contribution is 5.83. The molecule has 0 amide bonds. The van der Waals surface area contributed by atoms with E-state index in [2.05, 4.69) is 20.6 Å². The fraction of sp³-hybridized carbons (Fsp3) is 0.115. The van der Waals surface area contributed by atoms with Gasteiger partial charge in [0.2, 0.25) is 0 Å². The quantitative estimate of drug-likeness (QED) is 0.319. The molecule has 0 saturated heterocycles. The van der Waals surface area contributed by atoms with Crippen LogP contribution in [0.2, 0.25) is 0 Å². The third kappa shape index (κ3) is 4.28. The number of nitrogens with zero attached hydrogens (tertiary/aromatic N) is 4. The molecule has 5 aromatic rings. The van der Waals surface area contributed by atoms with Crippen LogP contribution in [0.15, 0.2) is 83.7 Å². The summed E-state index contributed by atoms with van der Waals surface area (Å²) in [5.41, 5.74) is 1.80. The van der Waals surface area contributed by atoms with Crippen molar-refractivity contribution >= 4 is 34.0 Å². The summed E-state index contributed by atoms with van der Waals surface area (Å²) in [4.78, 5) is 22.6. The molecular formula is C26H21F3N6O. The number of nitrogens with one attached hydrogen (secondary N) is 2. The minimum atomic E-state index is -4.49. The zero-order valence-electron chi connectivity index (χ0n) is 19.3. The van der Waals surface area contributed by atoms with E-state index in [4.69, 9.17) is 0 Å². The highest BCUT2D eigenvalue weighted by Crippen LogP contribution is 2.33. The molecule has 0 aliphatic heterocycles. The Morgan fingerprint density at radius 1 is 0.806 bits per heavy atom. The second-order valence-electron chi connectivity index (χ2n) is 8.17. The predicted octanol–water partition coefficient (Wildman–Crippen LogP) is 5.93. The summed E-state index contributed by atoms with van der Waals surface area (Å²) in [6, 6.07) is 21.1. The smallest absolute Gasteiger partial charge is 0.337 e. The lowest BCUT2D eigenvalue weighted by molar-refractivity contribution is -0.137. The van der Waals surface area contributed by atoms with Crippen LogP contribution >= 0.6 is 0 Å². The zero-order valence-corrected chi connectivity index (χ0v) is 19.3. The van der Waals surface area contributed by atoms with Crippen LogP contribution in [0.1, 0.15) is 11.3 Å². The molecule has 2 N–H and O–H groups in total. The van der Waals surface area contributed by atoms with Crippen LogP contribution in [0.4, 0.5) is 36.2 Å². The van der Waals surface area contributed by atoms with Crippen LogP contribution in [0, 0.1) is 6.92 Å². The Morgan fingerprint density at radius 3 is 2.06 bits per heavy atom. The van der Waals surface area contributed by atoms with Gasteiger partial charge in [0.05, 0.1) is 28.0 Å². The monoisotopic (exact) mass is 490 g/mol. The number of anilines is 4. The van der Waals surface area contributed by atoms with Crippen molar-refractivity contribution in [3.63, 3.8) is 0 Å². The summed E-state index contributed by atoms with van der Waals surface area (Å²) in [6.45, 7) is 1.79. The van der Waals surface area contributed by atoms with Gasteiger partial charge >= 0.3 is 6.18 Å². The van der Waals surface area contributed by atoms with Gasteiger partial charge in [-0.15, -0.1) is 0 Å². The lowest BCUT2D eigenvalue weighted by atomic mass is 10.2. The van der Waals surface area contributed by atoms with E-state index in [1.54, 1.807) is 42.9 Å². The second-order valence-corrected chi connectivity index (χ2v) is 8.17. The van der Waals surface area contributed by atoms with Gasteiger partial charge in [0.1, 0.15) is 5.69 Å². The van der Waals surface area contributed by atoms with Gasteiger partial charge in [-0.2, -0.15) is 13.2 Å². The molecule has 0 atom stereocenters. The summed E-state index contributed by atoms with van der Waals surface area (Å²) >= 11 is 0. The molecule has 0 saturated carbocycles. The topological polar surface area (TPSA) is 76.8 Å². The van der Waals surface area contributed by atoms with Gasteiger partial charge in [-0.25, -0.2) is 14.6 Å². The standard InChI is InChI=1S/C26H21F3N6O/c1-16-22(25(36)35(34(16)2)19-11-4-3-5-12-19)33-24-23(31-20-13-6-7-14-21(20)32-24)30-18-10-8-9-17(15-18)26(27,28)29/h3-15H,1-2H3,(H,30,31)(H,32,33). The van der Waals surface area contributed by atoms with Gasteiger partial charge in [-0.3, -0.25) is 9.48 Å². The molecule has 2 aromatic heterocycles. The maximum Gasteiger partial charge on any atom is 0.416 e. The molecule has 0 unspecified atom stereocenters. The number of alkyl halides is 3. The molecule has 182 valence electrons. The van der Waals surface area contributed by atoms with E-state index in [-0.39, 0.29) is 28.6 Å². The molecule has 7 nitrogen and oxygen atoms in total. The first kappa shape index (κ1) is 23.2. The highest BCUT2D eigenvalue weighted by Gasteiger charge is 2.30. The first-order valence-electron chi connectivity index (χ1n) is 11.0. The normalized spacial score (nSPS) is 11.6. The average Bonchev–Trinajstić information content (AvgIpc) is 3.07. The summed E-state index contributed by atoms with van der Waals surface area (Å²) in [6.07, 6.45) is -4.49. The van der Waals surface area contributed by atoms with Crippen molar-refractivity contribution in [3.8, 4) is 5.69 Å². The van der Waals surface area contributed by atoms with Crippen molar-refractivity contribution < 1.29 is 13.2 Å². The molecule has 0 bridgehead atoms. The third-order valence-corrected chi connectivity index (χ3v) is 5.82. The van der Waals surface area contributed by atoms with Crippen molar-refractivity contribution in [1.29, 1.82) is 0 Å². The molecule has 2 heterocycles. The first-order valence-corrected chi connectivity index (χ1v) is 11.0. The van der Waals surface area contributed by atoms with E-state index >= 15 is 0 Å². The number of para-hydroxylation sites is 3. The van der Waals surface area contributed by atoms with Crippen LogP contribution < -0.4 is 16.2 Å². The average molecular weight is 490 g/mol. The van der Waals surface area contributed by atoms with Crippen LogP contribution in [0.5, 0.6) is 0 Å². The van der Waals surface area contributed by atoms with E-state index in [0.717, 1.165) is 12.1 Å². The molecule has 10 heteroatoms. The van der Waals surface area contributed by atoms with Gasteiger partial charge in [0.15, 0.2) is 11.6 Å². The number of benzene rings is 3. The van der Waals surface area contributed by atoms with Crippen molar-refractivity contribution in [2.45, 2.75) is 13.1 Å². The van der Waals surface area contributed by atoms with E-state index in [1.807, 2.05) is 30.3 Å². The summed E-state index contributed by atoms with van der Waals surface area (Å²) in [5.74, 6) is 0.388. The SMILES string of the molecule is Cc1c(Nc2nc3ccccc3nc2Nc2cccc(C(F)(F)F)c2)c(=O)n(-c2ccccc2)n1C. The van der Waals surface area contributed by atoms with Gasteiger partial charge in [-0.1, -0.05) is 36.4 Å². The number of rotatable bonds is 5. The maximum atomic E-state index is 13.4. The molecule has 36 heavy (non-hydrogen) atoms. The Balaban J connectivity index is 1.61. The Kier molecular flexibility index (Phi) is 5.71. The summed E-state index contributed by atoms with van der Waals surface area (Å²) in [7, 11) is 1.77. The lowest BCUT2D eigenvalue weighted by Crippen LogP contribution is -2.20. The Bertz CT molecular complexity index is 1620. The van der Waals surface area contributed by atoms with Crippen molar-refractivity contribution in [2.24, 2.45) is 7.05 Å². The predicted molar refractivity (Wildman–Crippen MR) is 133 cm³/mol.